The van der Waals surface area contributed by atoms with E-state index in [0.717, 1.165) is 10.6 Å². The SMILES string of the molecule is S=c1cncc(C2CC2)[nH]1. The molecule has 1 saturated carbocycles. The zero-order valence-electron chi connectivity index (χ0n) is 5.50. The molecule has 0 unspecified atom stereocenters. The second-order valence-electron chi connectivity index (χ2n) is 2.63. The van der Waals surface area contributed by atoms with E-state index >= 15 is 0 Å². The fraction of sp³-hybridized carbons (Fsp3) is 0.429. The Labute approximate surface area is 64.3 Å². The lowest BCUT2D eigenvalue weighted by Crippen LogP contribution is -1.86. The van der Waals surface area contributed by atoms with E-state index in [-0.39, 0.29) is 0 Å². The lowest BCUT2D eigenvalue weighted by atomic mass is 10.3. The minimum absolute atomic E-state index is 0.718. The maximum Gasteiger partial charge on any atom is 0.121 e. The van der Waals surface area contributed by atoms with E-state index in [0.29, 0.717) is 0 Å². The summed E-state index contributed by atoms with van der Waals surface area (Å²) in [5, 5.41) is 0. The van der Waals surface area contributed by atoms with Crippen LogP contribution in [0.4, 0.5) is 0 Å². The van der Waals surface area contributed by atoms with Crippen LogP contribution >= 0.6 is 12.2 Å². The van der Waals surface area contributed by atoms with Crippen LogP contribution in [0, 0.1) is 4.64 Å². The van der Waals surface area contributed by atoms with Crippen molar-refractivity contribution < 1.29 is 0 Å². The Morgan fingerprint density at radius 3 is 2.90 bits per heavy atom. The summed E-state index contributed by atoms with van der Waals surface area (Å²) in [4.78, 5) is 7.13. The summed E-state index contributed by atoms with van der Waals surface area (Å²) in [6.07, 6.45) is 6.11. The van der Waals surface area contributed by atoms with Crippen LogP contribution in [0.15, 0.2) is 12.4 Å². The zero-order chi connectivity index (χ0) is 6.97. The minimum Gasteiger partial charge on any atom is -0.347 e. The van der Waals surface area contributed by atoms with E-state index in [9.17, 15) is 0 Å². The van der Waals surface area contributed by atoms with Crippen LogP contribution in [-0.4, -0.2) is 9.97 Å². The summed E-state index contributed by atoms with van der Waals surface area (Å²) >= 11 is 4.93. The molecule has 1 heterocycles. The summed E-state index contributed by atoms with van der Waals surface area (Å²) < 4.78 is 0.740. The van der Waals surface area contributed by atoms with Crippen molar-refractivity contribution in [3.8, 4) is 0 Å². The molecule has 2 rings (SSSR count). The normalized spacial score (nSPS) is 17.2. The van der Waals surface area contributed by atoms with Gasteiger partial charge in [0.25, 0.3) is 0 Å². The van der Waals surface area contributed by atoms with Crippen LogP contribution in [0.3, 0.4) is 0 Å². The van der Waals surface area contributed by atoms with Gasteiger partial charge >= 0.3 is 0 Å². The molecule has 2 nitrogen and oxygen atoms in total. The molecule has 1 N–H and O–H groups in total. The Bertz CT molecular complexity index is 288. The number of rotatable bonds is 1. The molecule has 1 aromatic heterocycles. The Balaban J connectivity index is 2.41. The molecule has 0 aliphatic heterocycles. The Morgan fingerprint density at radius 2 is 2.30 bits per heavy atom. The third kappa shape index (κ3) is 1.09. The van der Waals surface area contributed by atoms with Crippen molar-refractivity contribution in [1.29, 1.82) is 0 Å². The molecule has 1 aliphatic carbocycles. The second kappa shape index (κ2) is 2.16. The number of hydrogen-bond acceptors (Lipinski definition) is 2. The molecule has 0 atom stereocenters. The van der Waals surface area contributed by atoms with E-state index in [1.165, 1.54) is 18.5 Å². The highest BCUT2D eigenvalue weighted by atomic mass is 32.1. The molecule has 0 bridgehead atoms. The largest absolute Gasteiger partial charge is 0.347 e. The van der Waals surface area contributed by atoms with Gasteiger partial charge in [-0.25, -0.2) is 0 Å². The van der Waals surface area contributed by atoms with Crippen molar-refractivity contribution in [2.45, 2.75) is 18.8 Å². The van der Waals surface area contributed by atoms with Gasteiger partial charge in [-0.2, -0.15) is 0 Å². The standard InChI is InChI=1S/C7H8N2S/c10-7-4-8-3-6(9-7)5-1-2-5/h3-5H,1-2H2,(H,9,10). The van der Waals surface area contributed by atoms with Gasteiger partial charge in [0, 0.05) is 17.8 Å². The van der Waals surface area contributed by atoms with Gasteiger partial charge in [-0.05, 0) is 12.8 Å². The molecule has 1 aromatic rings. The topological polar surface area (TPSA) is 28.7 Å². The van der Waals surface area contributed by atoms with E-state index in [1.807, 2.05) is 6.20 Å². The van der Waals surface area contributed by atoms with E-state index < -0.39 is 0 Å². The van der Waals surface area contributed by atoms with Crippen LogP contribution in [0.2, 0.25) is 0 Å². The molecule has 1 aliphatic rings. The van der Waals surface area contributed by atoms with Crippen LogP contribution in [-0.2, 0) is 0 Å². The maximum atomic E-state index is 4.93. The average molecular weight is 152 g/mol. The molecule has 3 heteroatoms. The molecule has 0 amide bonds. The number of aromatic amines is 1. The Morgan fingerprint density at radius 1 is 1.50 bits per heavy atom. The van der Waals surface area contributed by atoms with Crippen molar-refractivity contribution >= 4 is 12.2 Å². The Kier molecular flexibility index (Phi) is 1.31. The second-order valence-corrected chi connectivity index (χ2v) is 3.07. The van der Waals surface area contributed by atoms with Crippen LogP contribution < -0.4 is 0 Å². The first-order valence-corrected chi connectivity index (χ1v) is 3.81. The molecule has 0 aromatic carbocycles. The summed E-state index contributed by atoms with van der Waals surface area (Å²) in [6, 6.07) is 0. The van der Waals surface area contributed by atoms with Crippen molar-refractivity contribution in [3.63, 3.8) is 0 Å². The third-order valence-electron chi connectivity index (χ3n) is 1.69. The third-order valence-corrected chi connectivity index (χ3v) is 1.90. The molecule has 1 fully saturated rings. The summed E-state index contributed by atoms with van der Waals surface area (Å²) in [5.74, 6) is 0.718. The first kappa shape index (κ1) is 6.04. The number of H-pyrrole nitrogens is 1. The van der Waals surface area contributed by atoms with E-state index in [2.05, 4.69) is 9.97 Å². The zero-order valence-corrected chi connectivity index (χ0v) is 6.32. The number of nitrogens with one attached hydrogen (secondary N) is 1. The molecule has 10 heavy (non-hydrogen) atoms. The highest BCUT2D eigenvalue weighted by Gasteiger charge is 2.23. The van der Waals surface area contributed by atoms with Crippen molar-refractivity contribution in [2.75, 3.05) is 0 Å². The number of nitrogens with zero attached hydrogens (tertiary/aromatic N) is 1. The van der Waals surface area contributed by atoms with Crippen LogP contribution in [0.25, 0.3) is 0 Å². The van der Waals surface area contributed by atoms with Gasteiger partial charge in [-0.15, -0.1) is 0 Å². The molecular weight excluding hydrogens is 144 g/mol. The van der Waals surface area contributed by atoms with Crippen molar-refractivity contribution in [1.82, 2.24) is 9.97 Å². The van der Waals surface area contributed by atoms with Gasteiger partial charge in [-0.1, -0.05) is 12.2 Å². The van der Waals surface area contributed by atoms with E-state index in [1.54, 1.807) is 6.20 Å². The number of hydrogen-bond donors (Lipinski definition) is 1. The predicted molar refractivity (Wildman–Crippen MR) is 41.4 cm³/mol. The highest BCUT2D eigenvalue weighted by Crippen LogP contribution is 2.38. The van der Waals surface area contributed by atoms with Gasteiger partial charge in [0.1, 0.15) is 4.64 Å². The smallest absolute Gasteiger partial charge is 0.121 e. The van der Waals surface area contributed by atoms with Gasteiger partial charge in [0.05, 0.1) is 6.20 Å². The first-order chi connectivity index (χ1) is 4.86. The van der Waals surface area contributed by atoms with Gasteiger partial charge < -0.3 is 4.98 Å². The predicted octanol–water partition coefficient (Wildman–Crippen LogP) is 2.02. The van der Waals surface area contributed by atoms with Crippen molar-refractivity contribution in [3.05, 3.63) is 22.7 Å². The molecular formula is C7H8N2S. The summed E-state index contributed by atoms with van der Waals surface area (Å²) in [5.41, 5.74) is 1.20. The average Bonchev–Trinajstić information content (AvgIpc) is 2.68. The first-order valence-electron chi connectivity index (χ1n) is 3.40. The monoisotopic (exact) mass is 152 g/mol. The van der Waals surface area contributed by atoms with Gasteiger partial charge in [0.2, 0.25) is 0 Å². The molecule has 52 valence electrons. The van der Waals surface area contributed by atoms with Gasteiger partial charge in [0.15, 0.2) is 0 Å². The molecule has 0 radical (unpaired) electrons. The Hall–Kier alpha value is -0.700. The fourth-order valence-electron chi connectivity index (χ4n) is 0.994. The minimum atomic E-state index is 0.718. The van der Waals surface area contributed by atoms with Crippen LogP contribution in [0.5, 0.6) is 0 Å². The lowest BCUT2D eigenvalue weighted by molar-refractivity contribution is 0.979. The fourth-order valence-corrected chi connectivity index (χ4v) is 1.17. The molecule has 0 saturated heterocycles. The van der Waals surface area contributed by atoms with Crippen molar-refractivity contribution in [2.24, 2.45) is 0 Å². The van der Waals surface area contributed by atoms with E-state index in [4.69, 9.17) is 12.2 Å². The summed E-state index contributed by atoms with van der Waals surface area (Å²) in [6.45, 7) is 0. The number of aromatic nitrogens is 2. The van der Waals surface area contributed by atoms with Crippen LogP contribution in [0.1, 0.15) is 24.5 Å². The lowest BCUT2D eigenvalue weighted by Gasteiger charge is -1.94. The quantitative estimate of drug-likeness (QED) is 0.624. The highest BCUT2D eigenvalue weighted by molar-refractivity contribution is 7.71. The summed E-state index contributed by atoms with van der Waals surface area (Å²) in [7, 11) is 0. The maximum absolute atomic E-state index is 4.93. The van der Waals surface area contributed by atoms with Gasteiger partial charge in [-0.3, -0.25) is 4.98 Å². The molecule has 0 spiro atoms.